The first kappa shape index (κ1) is 17.7. The quantitative estimate of drug-likeness (QED) is 0.590. The maximum Gasteiger partial charge on any atom is 0.286 e. The number of allylic oxidation sites excluding steroid dienone is 1. The molecule has 3 aromatic rings. The van der Waals surface area contributed by atoms with E-state index in [9.17, 15) is 4.79 Å². The third-order valence-corrected chi connectivity index (χ3v) is 4.96. The fourth-order valence-electron chi connectivity index (χ4n) is 2.28. The van der Waals surface area contributed by atoms with E-state index < -0.39 is 5.91 Å². The number of ether oxygens (including phenoxy) is 1. The number of hydrogen-bond acceptors (Lipinski definition) is 3. The zero-order valence-electron chi connectivity index (χ0n) is 13.1. The molecule has 3 rings (SSSR count). The molecule has 4 nitrogen and oxygen atoms in total. The molecule has 0 saturated carbocycles. The van der Waals surface area contributed by atoms with E-state index in [0.29, 0.717) is 27.1 Å². The van der Waals surface area contributed by atoms with E-state index >= 15 is 0 Å². The van der Waals surface area contributed by atoms with Gasteiger partial charge < -0.3 is 9.30 Å². The average Bonchev–Trinajstić information content (AvgIpc) is 2.92. The van der Waals surface area contributed by atoms with E-state index in [2.05, 4.69) is 11.6 Å². The number of carbonyl (C=O) groups is 1. The molecule has 0 unspecified atom stereocenters. The number of benzene rings is 2. The molecule has 0 radical (unpaired) electrons. The molecule has 2 aromatic carbocycles. The van der Waals surface area contributed by atoms with Gasteiger partial charge in [0.05, 0.1) is 15.2 Å². The Hall–Kier alpha value is -2.08. The summed E-state index contributed by atoms with van der Waals surface area (Å²) in [4.78, 5) is 17.0. The van der Waals surface area contributed by atoms with E-state index in [0.717, 1.165) is 10.2 Å². The molecule has 0 atom stereocenters. The SMILES string of the molecule is C=CCn1c(=NC(=O)COc2ccc(Cl)cc2Cl)sc2ccccc21. The second-order valence-corrected chi connectivity index (χ2v) is 6.97. The van der Waals surface area contributed by atoms with Gasteiger partial charge in [-0.3, -0.25) is 4.79 Å². The lowest BCUT2D eigenvalue weighted by Gasteiger charge is -2.05. The molecule has 1 amide bonds. The Kier molecular flexibility index (Phi) is 5.58. The monoisotopic (exact) mass is 392 g/mol. The Morgan fingerprint density at radius 2 is 2.08 bits per heavy atom. The smallest absolute Gasteiger partial charge is 0.286 e. The zero-order valence-corrected chi connectivity index (χ0v) is 15.4. The minimum Gasteiger partial charge on any atom is -0.482 e. The van der Waals surface area contributed by atoms with Gasteiger partial charge in [-0.1, -0.05) is 52.7 Å². The van der Waals surface area contributed by atoms with Gasteiger partial charge in [0.25, 0.3) is 5.91 Å². The van der Waals surface area contributed by atoms with Gasteiger partial charge in [-0.05, 0) is 30.3 Å². The van der Waals surface area contributed by atoms with Crippen LogP contribution in [0.3, 0.4) is 0 Å². The minimum absolute atomic E-state index is 0.205. The summed E-state index contributed by atoms with van der Waals surface area (Å²) in [7, 11) is 0. The number of para-hydroxylation sites is 1. The molecular formula is C18H14Cl2N2O2S. The van der Waals surface area contributed by atoms with E-state index in [-0.39, 0.29) is 6.61 Å². The average molecular weight is 393 g/mol. The molecular weight excluding hydrogens is 379 g/mol. The van der Waals surface area contributed by atoms with Crippen molar-refractivity contribution >= 4 is 50.7 Å². The number of hydrogen-bond donors (Lipinski definition) is 0. The van der Waals surface area contributed by atoms with Gasteiger partial charge in [0.2, 0.25) is 0 Å². The van der Waals surface area contributed by atoms with Gasteiger partial charge in [-0.15, -0.1) is 6.58 Å². The van der Waals surface area contributed by atoms with Crippen molar-refractivity contribution in [2.45, 2.75) is 6.54 Å². The molecule has 1 heterocycles. The van der Waals surface area contributed by atoms with E-state index in [1.807, 2.05) is 28.8 Å². The summed E-state index contributed by atoms with van der Waals surface area (Å²) in [5.74, 6) is 0.000287. The summed E-state index contributed by atoms with van der Waals surface area (Å²) >= 11 is 13.3. The lowest BCUT2D eigenvalue weighted by Crippen LogP contribution is -2.19. The summed E-state index contributed by atoms with van der Waals surface area (Å²) in [6.07, 6.45) is 1.77. The van der Waals surface area contributed by atoms with Gasteiger partial charge in [0.15, 0.2) is 11.4 Å². The fraction of sp³-hybridized carbons (Fsp3) is 0.111. The van der Waals surface area contributed by atoms with Crippen LogP contribution in [-0.2, 0) is 11.3 Å². The highest BCUT2D eigenvalue weighted by Crippen LogP contribution is 2.27. The van der Waals surface area contributed by atoms with E-state index in [4.69, 9.17) is 27.9 Å². The van der Waals surface area contributed by atoms with Crippen LogP contribution < -0.4 is 9.54 Å². The van der Waals surface area contributed by atoms with Crippen LogP contribution in [-0.4, -0.2) is 17.1 Å². The molecule has 7 heteroatoms. The molecule has 0 N–H and O–H groups in total. The third-order valence-electron chi connectivity index (χ3n) is 3.37. The van der Waals surface area contributed by atoms with Gasteiger partial charge in [-0.25, -0.2) is 0 Å². The first-order valence-corrected chi connectivity index (χ1v) is 9.00. The number of halogens is 2. The number of aromatic nitrogens is 1. The number of amides is 1. The van der Waals surface area contributed by atoms with Crippen LogP contribution in [0.4, 0.5) is 0 Å². The second-order valence-electron chi connectivity index (χ2n) is 5.12. The molecule has 0 fully saturated rings. The molecule has 0 aliphatic rings. The van der Waals surface area contributed by atoms with E-state index in [1.165, 1.54) is 11.3 Å². The molecule has 0 spiro atoms. The van der Waals surface area contributed by atoms with Gasteiger partial charge in [0.1, 0.15) is 5.75 Å². The topological polar surface area (TPSA) is 43.6 Å². The Labute approximate surface area is 158 Å². The summed E-state index contributed by atoms with van der Waals surface area (Å²) in [5, 5.41) is 0.855. The first-order valence-electron chi connectivity index (χ1n) is 7.43. The molecule has 0 bridgehead atoms. The first-order chi connectivity index (χ1) is 12.1. The summed E-state index contributed by atoms with van der Waals surface area (Å²) in [6.45, 7) is 4.13. The molecule has 1 aromatic heterocycles. The fourth-order valence-corrected chi connectivity index (χ4v) is 3.80. The van der Waals surface area contributed by atoms with Gasteiger partial charge in [-0.2, -0.15) is 4.99 Å². The third kappa shape index (κ3) is 4.12. The maximum absolute atomic E-state index is 12.2. The Morgan fingerprint density at radius 1 is 1.28 bits per heavy atom. The van der Waals surface area contributed by atoms with Crippen LogP contribution in [0, 0.1) is 0 Å². The van der Waals surface area contributed by atoms with Crippen molar-refractivity contribution in [2.24, 2.45) is 4.99 Å². The van der Waals surface area contributed by atoms with Crippen molar-refractivity contribution in [3.8, 4) is 5.75 Å². The Balaban J connectivity index is 1.84. The number of fused-ring (bicyclic) bond motifs is 1. The van der Waals surface area contributed by atoms with Crippen molar-refractivity contribution < 1.29 is 9.53 Å². The van der Waals surface area contributed by atoms with Crippen LogP contribution in [0.15, 0.2) is 60.1 Å². The number of nitrogens with zero attached hydrogens (tertiary/aromatic N) is 2. The van der Waals surface area contributed by atoms with Crippen LogP contribution in [0.1, 0.15) is 0 Å². The van der Waals surface area contributed by atoms with Crippen LogP contribution in [0.5, 0.6) is 5.75 Å². The number of thiazole rings is 1. The molecule has 25 heavy (non-hydrogen) atoms. The lowest BCUT2D eigenvalue weighted by atomic mass is 10.3. The second kappa shape index (κ2) is 7.87. The molecule has 0 saturated heterocycles. The van der Waals surface area contributed by atoms with Crippen molar-refractivity contribution in [3.05, 3.63) is 70.0 Å². The minimum atomic E-state index is -0.393. The largest absolute Gasteiger partial charge is 0.482 e. The highest BCUT2D eigenvalue weighted by molar-refractivity contribution is 7.16. The van der Waals surface area contributed by atoms with Crippen molar-refractivity contribution in [1.82, 2.24) is 4.57 Å². The van der Waals surface area contributed by atoms with Gasteiger partial charge >= 0.3 is 0 Å². The van der Waals surface area contributed by atoms with Crippen LogP contribution in [0.25, 0.3) is 10.2 Å². The van der Waals surface area contributed by atoms with Crippen molar-refractivity contribution in [2.75, 3.05) is 6.61 Å². The zero-order chi connectivity index (χ0) is 17.8. The van der Waals surface area contributed by atoms with Crippen molar-refractivity contribution in [3.63, 3.8) is 0 Å². The van der Waals surface area contributed by atoms with Crippen molar-refractivity contribution in [1.29, 1.82) is 0 Å². The molecule has 0 aliphatic carbocycles. The highest BCUT2D eigenvalue weighted by Gasteiger charge is 2.08. The van der Waals surface area contributed by atoms with Crippen LogP contribution >= 0.6 is 34.5 Å². The summed E-state index contributed by atoms with van der Waals surface area (Å²) < 4.78 is 8.44. The lowest BCUT2D eigenvalue weighted by molar-refractivity contribution is -0.120. The number of carbonyl (C=O) groups excluding carboxylic acids is 1. The number of rotatable bonds is 5. The Bertz CT molecular complexity index is 1010. The maximum atomic E-state index is 12.2. The molecule has 128 valence electrons. The summed E-state index contributed by atoms with van der Waals surface area (Å²) in [5.41, 5.74) is 1.01. The predicted octanol–water partition coefficient (Wildman–Crippen LogP) is 4.70. The predicted molar refractivity (Wildman–Crippen MR) is 103 cm³/mol. The summed E-state index contributed by atoms with van der Waals surface area (Å²) in [6, 6.07) is 12.7. The molecule has 0 aliphatic heterocycles. The normalized spacial score (nSPS) is 11.7. The van der Waals surface area contributed by atoms with Gasteiger partial charge in [0, 0.05) is 11.6 Å². The highest BCUT2D eigenvalue weighted by atomic mass is 35.5. The van der Waals surface area contributed by atoms with E-state index in [1.54, 1.807) is 24.3 Å². The van der Waals surface area contributed by atoms with Crippen LogP contribution in [0.2, 0.25) is 10.0 Å². The Morgan fingerprint density at radius 3 is 2.84 bits per heavy atom. The standard InChI is InChI=1S/C18H14Cl2N2O2S/c1-2-9-22-14-5-3-4-6-16(14)25-18(22)21-17(23)11-24-15-8-7-12(19)10-13(15)20/h2-8,10H,1,9,11H2.